The van der Waals surface area contributed by atoms with Gasteiger partial charge in [0.05, 0.1) is 12.2 Å². The number of aliphatic hydroxyl groups is 1. The topological polar surface area (TPSA) is 99.1 Å². The fourth-order valence-corrected chi connectivity index (χ4v) is 7.84. The number of aliphatic hydroxyl groups excluding tert-OH is 1. The zero-order chi connectivity index (χ0) is 24.2. The number of fused-ring (bicyclic) bond motifs is 5. The van der Waals surface area contributed by atoms with Crippen LogP contribution >= 0.6 is 11.6 Å². The van der Waals surface area contributed by atoms with E-state index in [1.165, 1.54) is 0 Å². The van der Waals surface area contributed by atoms with Crippen LogP contribution in [0.15, 0.2) is 11.6 Å². The molecule has 7 nitrogen and oxygen atoms in total. The van der Waals surface area contributed by atoms with Crippen LogP contribution in [0.5, 0.6) is 0 Å². The van der Waals surface area contributed by atoms with E-state index in [1.807, 2.05) is 6.92 Å². The molecule has 4 aliphatic carbocycles. The Kier molecular flexibility index (Phi) is 6.36. The number of hydrogen-bond acceptors (Lipinski definition) is 7. The monoisotopic (exact) mass is 482 g/mol. The molecule has 0 aromatic rings. The van der Waals surface area contributed by atoms with Crippen LogP contribution in [0.1, 0.15) is 72.6 Å². The molecule has 4 rings (SSSR count). The van der Waals surface area contributed by atoms with Crippen molar-refractivity contribution in [3.8, 4) is 0 Å². The van der Waals surface area contributed by atoms with Gasteiger partial charge in [-0.2, -0.15) is 0 Å². The third kappa shape index (κ3) is 3.70. The summed E-state index contributed by atoms with van der Waals surface area (Å²) < 4.78 is 16.2. The lowest BCUT2D eigenvalue weighted by Gasteiger charge is -2.60. The van der Waals surface area contributed by atoms with Gasteiger partial charge >= 0.3 is 12.1 Å². The van der Waals surface area contributed by atoms with Crippen LogP contribution in [0.25, 0.3) is 0 Å². The van der Waals surface area contributed by atoms with Crippen LogP contribution < -0.4 is 0 Å². The molecule has 0 amide bonds. The summed E-state index contributed by atoms with van der Waals surface area (Å²) in [6, 6.07) is -0.348. The van der Waals surface area contributed by atoms with Crippen molar-refractivity contribution < 1.29 is 33.7 Å². The lowest BCUT2D eigenvalue weighted by molar-refractivity contribution is -0.202. The highest BCUT2D eigenvalue weighted by Gasteiger charge is 2.71. The second-order valence-corrected chi connectivity index (χ2v) is 11.2. The Hall–Kier alpha value is -1.60. The first-order valence-electron chi connectivity index (χ1n) is 12.0. The molecule has 184 valence electrons. The quantitative estimate of drug-likeness (QED) is 0.464. The molecule has 0 bridgehead atoms. The summed E-state index contributed by atoms with van der Waals surface area (Å²) in [6.45, 7) is 7.53. The minimum Gasteiger partial charge on any atom is -0.446 e. The van der Waals surface area contributed by atoms with Gasteiger partial charge < -0.3 is 19.3 Å². The van der Waals surface area contributed by atoms with E-state index in [9.17, 15) is 19.5 Å². The number of alkyl halides is 1. The van der Waals surface area contributed by atoms with Crippen LogP contribution in [0.2, 0.25) is 0 Å². The number of ketones is 1. The third-order valence-electron chi connectivity index (χ3n) is 9.12. The standard InChI is InChI=1S/C25H35ClO7/c1-14(2)32-22(30)33-25(21(29)31-13-26)10-8-18-17-6-5-15-11-16(27)7-9-23(15,3)20(17)19(28)12-24(18,25)4/h11,14,17-20,28H,5-10,12-13H2,1-4H3/t17-,18-,19-,20+,23-,24-,25-/m0/s1. The number of rotatable bonds is 4. The number of carbonyl (C=O) groups excluding carboxylic acids is 3. The molecule has 1 N–H and O–H groups in total. The van der Waals surface area contributed by atoms with E-state index < -0.39 is 35.3 Å². The first kappa shape index (κ1) is 24.5. The Morgan fingerprint density at radius 2 is 1.94 bits per heavy atom. The minimum absolute atomic E-state index is 0.00821. The molecule has 0 heterocycles. The molecular weight excluding hydrogens is 448 g/mol. The van der Waals surface area contributed by atoms with E-state index in [0.29, 0.717) is 25.7 Å². The van der Waals surface area contributed by atoms with E-state index in [0.717, 1.165) is 24.8 Å². The summed E-state index contributed by atoms with van der Waals surface area (Å²) in [5.41, 5.74) is -1.49. The molecule has 33 heavy (non-hydrogen) atoms. The van der Waals surface area contributed by atoms with Gasteiger partial charge in [-0.1, -0.05) is 31.0 Å². The van der Waals surface area contributed by atoms with Crippen LogP contribution in [0.3, 0.4) is 0 Å². The summed E-state index contributed by atoms with van der Waals surface area (Å²) in [5, 5.41) is 11.5. The highest BCUT2D eigenvalue weighted by atomic mass is 35.5. The predicted molar refractivity (Wildman–Crippen MR) is 120 cm³/mol. The Morgan fingerprint density at radius 1 is 1.21 bits per heavy atom. The highest BCUT2D eigenvalue weighted by molar-refractivity contribution is 6.17. The molecule has 0 radical (unpaired) electrons. The third-order valence-corrected chi connectivity index (χ3v) is 9.23. The number of esters is 1. The van der Waals surface area contributed by atoms with Crippen molar-refractivity contribution in [3.63, 3.8) is 0 Å². The first-order valence-corrected chi connectivity index (χ1v) is 12.6. The average Bonchev–Trinajstić information content (AvgIpc) is 3.00. The van der Waals surface area contributed by atoms with E-state index in [-0.39, 0.29) is 35.0 Å². The maximum Gasteiger partial charge on any atom is 0.509 e. The minimum atomic E-state index is -1.57. The van der Waals surface area contributed by atoms with Gasteiger partial charge in [-0.15, -0.1) is 0 Å². The fraction of sp³-hybridized carbons (Fsp3) is 0.800. The van der Waals surface area contributed by atoms with E-state index >= 15 is 0 Å². The van der Waals surface area contributed by atoms with Gasteiger partial charge in [-0.05, 0) is 81.6 Å². The number of allylic oxidation sites excluding steroid dienone is 1. The average molecular weight is 483 g/mol. The Balaban J connectivity index is 1.71. The smallest absolute Gasteiger partial charge is 0.446 e. The Labute approximate surface area is 200 Å². The zero-order valence-electron chi connectivity index (χ0n) is 19.9. The molecule has 0 saturated heterocycles. The second kappa shape index (κ2) is 8.56. The van der Waals surface area contributed by atoms with Gasteiger partial charge in [0.2, 0.25) is 5.60 Å². The molecule has 3 fully saturated rings. The van der Waals surface area contributed by atoms with Crippen LogP contribution in [-0.2, 0) is 23.8 Å². The van der Waals surface area contributed by atoms with Gasteiger partial charge in [0, 0.05) is 11.8 Å². The first-order chi connectivity index (χ1) is 15.5. The van der Waals surface area contributed by atoms with E-state index in [2.05, 4.69) is 6.92 Å². The summed E-state index contributed by atoms with van der Waals surface area (Å²) >= 11 is 5.73. The fourth-order valence-electron chi connectivity index (χ4n) is 7.74. The molecule has 0 aromatic heterocycles. The summed E-state index contributed by atoms with van der Waals surface area (Å²) in [4.78, 5) is 37.9. The van der Waals surface area contributed by atoms with Crippen molar-refractivity contribution in [1.29, 1.82) is 0 Å². The maximum atomic E-state index is 13.3. The molecule has 4 aliphatic rings. The molecule has 0 aliphatic heterocycles. The number of halogens is 1. The summed E-state index contributed by atoms with van der Waals surface area (Å²) in [5.74, 6) is -0.330. The van der Waals surface area contributed by atoms with E-state index in [1.54, 1.807) is 19.9 Å². The number of hydrogen-bond donors (Lipinski definition) is 1. The van der Waals surface area contributed by atoms with Crippen molar-refractivity contribution in [1.82, 2.24) is 0 Å². The van der Waals surface area contributed by atoms with Gasteiger partial charge in [0.25, 0.3) is 0 Å². The molecule has 0 unspecified atom stereocenters. The molecule has 8 heteroatoms. The van der Waals surface area contributed by atoms with Crippen molar-refractivity contribution >= 4 is 29.5 Å². The van der Waals surface area contributed by atoms with Crippen molar-refractivity contribution in [3.05, 3.63) is 11.6 Å². The SMILES string of the molecule is CC(C)OC(=O)O[C@]1(C(=O)OCCl)CC[C@H]2[C@@H]3CCC4=CC(=O)CC[C@]4(C)[C@H]3[C@@H](O)C[C@@]21C. The van der Waals surface area contributed by atoms with Gasteiger partial charge in [0.1, 0.15) is 0 Å². The Morgan fingerprint density at radius 3 is 2.61 bits per heavy atom. The van der Waals surface area contributed by atoms with E-state index in [4.69, 9.17) is 25.8 Å². The van der Waals surface area contributed by atoms with Crippen molar-refractivity contribution in [2.45, 2.75) is 90.4 Å². The second-order valence-electron chi connectivity index (χ2n) is 11.0. The largest absolute Gasteiger partial charge is 0.509 e. The summed E-state index contributed by atoms with van der Waals surface area (Å²) in [6.07, 6.45) is 3.89. The highest BCUT2D eigenvalue weighted by Crippen LogP contribution is 2.68. The summed E-state index contributed by atoms with van der Waals surface area (Å²) in [7, 11) is 0. The molecule has 3 saturated carbocycles. The molecular formula is C25H35ClO7. The van der Waals surface area contributed by atoms with Crippen molar-refractivity contribution in [2.24, 2.45) is 28.6 Å². The molecule has 7 atom stereocenters. The normalized spacial score (nSPS) is 42.0. The Bertz CT molecular complexity index is 869. The van der Waals surface area contributed by atoms with Crippen LogP contribution in [-0.4, -0.2) is 46.9 Å². The van der Waals surface area contributed by atoms with Gasteiger partial charge in [-0.3, -0.25) is 4.79 Å². The maximum absolute atomic E-state index is 13.3. The zero-order valence-corrected chi connectivity index (χ0v) is 20.7. The number of carbonyl (C=O) groups is 3. The lowest BCUT2D eigenvalue weighted by atomic mass is 9.45. The van der Waals surface area contributed by atoms with Crippen LogP contribution in [0.4, 0.5) is 4.79 Å². The predicted octanol–water partition coefficient (Wildman–Crippen LogP) is 4.53. The van der Waals surface area contributed by atoms with Crippen LogP contribution in [0, 0.1) is 28.6 Å². The number of ether oxygens (including phenoxy) is 3. The van der Waals surface area contributed by atoms with Crippen molar-refractivity contribution in [2.75, 3.05) is 6.07 Å². The van der Waals surface area contributed by atoms with Gasteiger partial charge in [0.15, 0.2) is 11.8 Å². The van der Waals surface area contributed by atoms with Gasteiger partial charge in [-0.25, -0.2) is 9.59 Å². The molecule has 0 aromatic carbocycles. The lowest BCUT2D eigenvalue weighted by Crippen LogP contribution is -2.63. The molecule has 0 spiro atoms.